The van der Waals surface area contributed by atoms with Crippen LogP contribution in [0.5, 0.6) is 0 Å². The van der Waals surface area contributed by atoms with E-state index in [0.717, 1.165) is 18.8 Å². The average Bonchev–Trinajstić information content (AvgIpc) is 2.78. The number of likely N-dealkylation sites (N-methyl/N-ethyl adjacent to an activating group) is 1. The first-order valence-electron chi connectivity index (χ1n) is 6.33. The summed E-state index contributed by atoms with van der Waals surface area (Å²) in [5, 5.41) is 15.7. The van der Waals surface area contributed by atoms with Crippen LogP contribution in [0, 0.1) is 10.5 Å². The van der Waals surface area contributed by atoms with Gasteiger partial charge in [0.05, 0.1) is 7.05 Å². The number of benzene rings is 1. The van der Waals surface area contributed by atoms with Gasteiger partial charge in [-0.2, -0.15) is 4.80 Å². The third kappa shape index (κ3) is 3.50. The van der Waals surface area contributed by atoms with E-state index in [1.807, 2.05) is 0 Å². The summed E-state index contributed by atoms with van der Waals surface area (Å²) in [7, 11) is 1.79. The fourth-order valence-electron chi connectivity index (χ4n) is 2.07. The largest absolute Gasteiger partial charge is 0.310 e. The van der Waals surface area contributed by atoms with Gasteiger partial charge in [0.2, 0.25) is 0 Å². The van der Waals surface area contributed by atoms with Gasteiger partial charge in [-0.25, -0.2) is 0 Å². The number of halogens is 1. The maximum absolute atomic E-state index is 4.26. The van der Waals surface area contributed by atoms with Crippen LogP contribution < -0.4 is 5.32 Å². The highest BCUT2D eigenvalue weighted by Gasteiger charge is 2.17. The smallest absolute Gasteiger partial charge is 0.176 e. The number of tetrazole rings is 1. The summed E-state index contributed by atoms with van der Waals surface area (Å²) in [5.41, 5.74) is 2.60. The number of nitrogens with one attached hydrogen (secondary N) is 1. The van der Waals surface area contributed by atoms with E-state index in [1.54, 1.807) is 7.05 Å². The van der Waals surface area contributed by atoms with Gasteiger partial charge in [-0.3, -0.25) is 0 Å². The molecule has 1 aromatic heterocycles. The molecular weight excluding hydrogens is 353 g/mol. The SMILES string of the molecule is CCNC(Cc1nnn(C)n1)c1cccc(C)c1I. The van der Waals surface area contributed by atoms with Crippen LogP contribution in [0.15, 0.2) is 18.2 Å². The van der Waals surface area contributed by atoms with Crippen LogP contribution in [0.25, 0.3) is 0 Å². The molecule has 6 heteroatoms. The molecule has 0 fully saturated rings. The molecule has 0 radical (unpaired) electrons. The standard InChI is InChI=1S/C13H18IN5/c1-4-15-11(8-12-16-18-19(3)17-12)10-7-5-6-9(2)13(10)14/h5-7,11,15H,4,8H2,1-3H3. The molecule has 2 rings (SSSR count). The number of aromatic nitrogens is 4. The quantitative estimate of drug-likeness (QED) is 0.818. The lowest BCUT2D eigenvalue weighted by molar-refractivity contribution is 0.532. The van der Waals surface area contributed by atoms with Crippen molar-refractivity contribution in [3.63, 3.8) is 0 Å². The Kier molecular flexibility index (Phi) is 4.87. The molecule has 1 aromatic carbocycles. The normalized spacial score (nSPS) is 12.6. The monoisotopic (exact) mass is 371 g/mol. The third-order valence-electron chi connectivity index (χ3n) is 2.98. The van der Waals surface area contributed by atoms with Crippen LogP contribution in [-0.4, -0.2) is 26.8 Å². The fraction of sp³-hybridized carbons (Fsp3) is 0.462. The zero-order chi connectivity index (χ0) is 13.8. The lowest BCUT2D eigenvalue weighted by atomic mass is 10.0. The van der Waals surface area contributed by atoms with Gasteiger partial charge in [-0.15, -0.1) is 10.2 Å². The van der Waals surface area contributed by atoms with Gasteiger partial charge in [-0.1, -0.05) is 25.1 Å². The van der Waals surface area contributed by atoms with Crippen LogP contribution in [-0.2, 0) is 13.5 Å². The summed E-state index contributed by atoms with van der Waals surface area (Å²) in [5.74, 6) is 0.769. The molecule has 102 valence electrons. The summed E-state index contributed by atoms with van der Waals surface area (Å²) >= 11 is 2.41. The van der Waals surface area contributed by atoms with Gasteiger partial charge < -0.3 is 5.32 Å². The Morgan fingerprint density at radius 2 is 2.21 bits per heavy atom. The third-order valence-corrected chi connectivity index (χ3v) is 4.46. The Bertz CT molecular complexity index is 552. The van der Waals surface area contributed by atoms with E-state index >= 15 is 0 Å². The molecule has 0 bridgehead atoms. The highest BCUT2D eigenvalue weighted by molar-refractivity contribution is 14.1. The molecule has 0 spiro atoms. The molecule has 0 aliphatic heterocycles. The maximum Gasteiger partial charge on any atom is 0.176 e. The van der Waals surface area contributed by atoms with Crippen molar-refractivity contribution in [3.05, 3.63) is 38.7 Å². The molecule has 0 saturated heterocycles. The Balaban J connectivity index is 2.26. The first kappa shape index (κ1) is 14.4. The van der Waals surface area contributed by atoms with Crippen LogP contribution in [0.1, 0.15) is 29.9 Å². The predicted molar refractivity (Wildman–Crippen MR) is 82.8 cm³/mol. The summed E-state index contributed by atoms with van der Waals surface area (Å²) in [6.07, 6.45) is 0.751. The summed E-state index contributed by atoms with van der Waals surface area (Å²) in [6.45, 7) is 5.16. The predicted octanol–water partition coefficient (Wildman–Crippen LogP) is 2.02. The Hall–Kier alpha value is -1.02. The molecule has 2 aromatic rings. The second kappa shape index (κ2) is 6.42. The molecular formula is C13H18IN5. The number of rotatable bonds is 5. The van der Waals surface area contributed by atoms with E-state index < -0.39 is 0 Å². The number of aryl methyl sites for hydroxylation is 2. The van der Waals surface area contributed by atoms with Crippen molar-refractivity contribution in [2.45, 2.75) is 26.3 Å². The molecule has 0 amide bonds. The number of nitrogens with zero attached hydrogens (tertiary/aromatic N) is 4. The minimum Gasteiger partial charge on any atom is -0.310 e. The van der Waals surface area contributed by atoms with Gasteiger partial charge in [-0.05, 0) is 52.4 Å². The second-order valence-electron chi connectivity index (χ2n) is 4.49. The molecule has 0 saturated carbocycles. The molecule has 1 atom stereocenters. The highest BCUT2D eigenvalue weighted by Crippen LogP contribution is 2.24. The summed E-state index contributed by atoms with van der Waals surface area (Å²) < 4.78 is 1.30. The molecule has 1 unspecified atom stereocenters. The van der Waals surface area contributed by atoms with Gasteiger partial charge in [0.25, 0.3) is 0 Å². The zero-order valence-electron chi connectivity index (χ0n) is 11.4. The van der Waals surface area contributed by atoms with Crippen LogP contribution in [0.4, 0.5) is 0 Å². The van der Waals surface area contributed by atoms with Gasteiger partial charge in [0.1, 0.15) is 0 Å². The molecule has 19 heavy (non-hydrogen) atoms. The minimum atomic E-state index is 0.223. The van der Waals surface area contributed by atoms with Gasteiger partial charge >= 0.3 is 0 Å². The summed E-state index contributed by atoms with van der Waals surface area (Å²) in [6, 6.07) is 6.62. The topological polar surface area (TPSA) is 55.6 Å². The van der Waals surface area contributed by atoms with E-state index in [2.05, 4.69) is 75.4 Å². The van der Waals surface area contributed by atoms with E-state index in [-0.39, 0.29) is 6.04 Å². The maximum atomic E-state index is 4.26. The lowest BCUT2D eigenvalue weighted by Crippen LogP contribution is -2.24. The zero-order valence-corrected chi connectivity index (χ0v) is 13.5. The first-order valence-corrected chi connectivity index (χ1v) is 7.41. The van der Waals surface area contributed by atoms with Crippen molar-refractivity contribution in [2.75, 3.05) is 6.54 Å². The minimum absolute atomic E-state index is 0.223. The molecule has 0 aliphatic rings. The Morgan fingerprint density at radius 1 is 1.42 bits per heavy atom. The number of hydrogen-bond acceptors (Lipinski definition) is 4. The second-order valence-corrected chi connectivity index (χ2v) is 5.57. The van der Waals surface area contributed by atoms with Crippen molar-refractivity contribution in [1.29, 1.82) is 0 Å². The van der Waals surface area contributed by atoms with E-state index in [1.165, 1.54) is 19.5 Å². The van der Waals surface area contributed by atoms with Crippen molar-refractivity contribution in [1.82, 2.24) is 25.5 Å². The lowest BCUT2D eigenvalue weighted by Gasteiger charge is -2.19. The van der Waals surface area contributed by atoms with Crippen molar-refractivity contribution in [3.8, 4) is 0 Å². The van der Waals surface area contributed by atoms with Crippen LogP contribution in [0.2, 0.25) is 0 Å². The van der Waals surface area contributed by atoms with Crippen LogP contribution >= 0.6 is 22.6 Å². The van der Waals surface area contributed by atoms with Gasteiger partial charge in [0.15, 0.2) is 5.82 Å². The first-order chi connectivity index (χ1) is 9.11. The molecule has 1 N–H and O–H groups in total. The molecule has 5 nitrogen and oxygen atoms in total. The Morgan fingerprint density at radius 3 is 2.84 bits per heavy atom. The van der Waals surface area contributed by atoms with E-state index in [9.17, 15) is 0 Å². The molecule has 1 heterocycles. The summed E-state index contributed by atoms with van der Waals surface area (Å²) in [4.78, 5) is 1.50. The fourth-order valence-corrected chi connectivity index (χ4v) is 2.80. The number of hydrogen-bond donors (Lipinski definition) is 1. The van der Waals surface area contributed by atoms with Crippen molar-refractivity contribution >= 4 is 22.6 Å². The van der Waals surface area contributed by atoms with E-state index in [0.29, 0.717) is 0 Å². The van der Waals surface area contributed by atoms with Crippen LogP contribution in [0.3, 0.4) is 0 Å². The molecule has 0 aliphatic carbocycles. The highest BCUT2D eigenvalue weighted by atomic mass is 127. The van der Waals surface area contributed by atoms with Gasteiger partial charge in [0, 0.05) is 16.0 Å². The van der Waals surface area contributed by atoms with E-state index in [4.69, 9.17) is 0 Å². The van der Waals surface area contributed by atoms with Crippen molar-refractivity contribution in [2.24, 2.45) is 7.05 Å². The average molecular weight is 371 g/mol. The van der Waals surface area contributed by atoms with Crippen molar-refractivity contribution < 1.29 is 0 Å². The Labute approximate surface area is 126 Å².